The molecule has 0 spiro atoms. The van der Waals surface area contributed by atoms with Crippen LogP contribution in [0.15, 0.2) is 47.2 Å². The molecule has 4 aromatic carbocycles. The minimum atomic E-state index is -0.434. The second-order valence-electron chi connectivity index (χ2n) is 13.2. The maximum absolute atomic E-state index is 14.2. The molecule has 0 radical (unpaired) electrons. The number of hydrogen-bond acceptors (Lipinski definition) is 8. The summed E-state index contributed by atoms with van der Waals surface area (Å²) in [7, 11) is 1.51. The van der Waals surface area contributed by atoms with Crippen molar-refractivity contribution in [3.8, 4) is 20.9 Å². The summed E-state index contributed by atoms with van der Waals surface area (Å²) in [4.78, 5) is 58.9. The molecule has 0 saturated heterocycles. The lowest BCUT2D eigenvalue weighted by Gasteiger charge is -2.29. The second kappa shape index (κ2) is 9.79. The highest BCUT2D eigenvalue weighted by Gasteiger charge is 2.40. The fourth-order valence-corrected chi connectivity index (χ4v) is 12.7. The number of hydrogen-bond donors (Lipinski definition) is 0. The Hall–Kier alpha value is -4.54. The van der Waals surface area contributed by atoms with Gasteiger partial charge in [-0.25, -0.2) is 0 Å². The molecule has 1 aliphatic carbocycles. The Kier molecular flexibility index (Phi) is 5.87. The van der Waals surface area contributed by atoms with Crippen molar-refractivity contribution in [1.82, 2.24) is 4.90 Å². The van der Waals surface area contributed by atoms with Crippen LogP contribution in [0, 0.1) is 27.7 Å². The molecule has 49 heavy (non-hydrogen) atoms. The van der Waals surface area contributed by atoms with E-state index < -0.39 is 11.8 Å². The average molecular weight is 712 g/mol. The van der Waals surface area contributed by atoms with E-state index in [2.05, 4.69) is 62.7 Å². The van der Waals surface area contributed by atoms with Crippen molar-refractivity contribution in [3.63, 3.8) is 0 Å². The third kappa shape index (κ3) is 3.63. The molecule has 0 atom stereocenters. The van der Waals surface area contributed by atoms with Gasteiger partial charge in [-0.3, -0.25) is 24.1 Å². The first-order valence-corrected chi connectivity index (χ1v) is 19.3. The van der Waals surface area contributed by atoms with Gasteiger partial charge in [-0.1, -0.05) is 0 Å². The zero-order valence-corrected chi connectivity index (χ0v) is 30.3. The van der Waals surface area contributed by atoms with Crippen molar-refractivity contribution < 1.29 is 19.2 Å². The Morgan fingerprint density at radius 2 is 1.02 bits per heavy atom. The van der Waals surface area contributed by atoms with Crippen molar-refractivity contribution >= 4 is 120 Å². The third-order valence-corrected chi connectivity index (χ3v) is 15.3. The number of amides is 2. The molecule has 2 amide bonds. The van der Waals surface area contributed by atoms with Crippen LogP contribution in [-0.4, -0.2) is 35.3 Å². The molecule has 2 aliphatic rings. The molecule has 0 N–H and O–H groups in total. The van der Waals surface area contributed by atoms with Gasteiger partial charge in [0.25, 0.3) is 11.8 Å². The van der Waals surface area contributed by atoms with Crippen LogP contribution in [0.2, 0.25) is 0 Å². The molecule has 9 heteroatoms. The minimum Gasteiger partial charge on any atom is -0.294 e. The van der Waals surface area contributed by atoms with Gasteiger partial charge in [0.1, 0.15) is 0 Å². The van der Waals surface area contributed by atoms with Crippen LogP contribution in [0.5, 0.6) is 0 Å². The van der Waals surface area contributed by atoms with Gasteiger partial charge >= 0.3 is 0 Å². The van der Waals surface area contributed by atoms with Crippen LogP contribution in [0.25, 0.3) is 72.0 Å². The normalized spacial score (nSPS) is 14.7. The number of carbonyl (C=O) groups excluding carboxylic acids is 4. The molecule has 10 rings (SSSR count). The summed E-state index contributed by atoms with van der Waals surface area (Å²) in [6.45, 7) is 8.52. The maximum Gasteiger partial charge on any atom is 0.261 e. The number of fused-ring (bicyclic) bond motifs is 6. The number of carbonyl (C=O) groups is 4. The highest BCUT2D eigenvalue weighted by molar-refractivity contribution is 7.29. The first kappa shape index (κ1) is 29.4. The zero-order chi connectivity index (χ0) is 33.8. The number of thiophene rings is 4. The van der Waals surface area contributed by atoms with Crippen molar-refractivity contribution in [2.45, 2.75) is 34.1 Å². The summed E-state index contributed by atoms with van der Waals surface area (Å²) in [5.41, 5.74) is 7.64. The lowest BCUT2D eigenvalue weighted by Crippen LogP contribution is -2.38. The fraction of sp³-hybridized carbons (Fsp3) is 0.150. The minimum absolute atomic E-state index is 0.256. The van der Waals surface area contributed by atoms with Crippen LogP contribution in [0.1, 0.15) is 70.1 Å². The largest absolute Gasteiger partial charge is 0.294 e. The van der Waals surface area contributed by atoms with E-state index in [1.807, 2.05) is 6.07 Å². The topological polar surface area (TPSA) is 71.5 Å². The second-order valence-corrected chi connectivity index (χ2v) is 17.1. The average Bonchev–Trinajstić information content (AvgIpc) is 3.91. The first-order valence-electron chi connectivity index (χ1n) is 15.9. The predicted octanol–water partition coefficient (Wildman–Crippen LogP) is 11.3. The molecule has 1 aliphatic heterocycles. The summed E-state index contributed by atoms with van der Waals surface area (Å²) in [5.74, 6) is -1.43. The molecular weight excluding hydrogens is 687 g/mol. The van der Waals surface area contributed by atoms with Gasteiger partial charge in [0.2, 0.25) is 0 Å². The van der Waals surface area contributed by atoms with Gasteiger partial charge < -0.3 is 0 Å². The zero-order valence-electron chi connectivity index (χ0n) is 27.0. The van der Waals surface area contributed by atoms with Gasteiger partial charge in [0, 0.05) is 55.4 Å². The highest BCUT2D eigenvalue weighted by Crippen LogP contribution is 2.51. The Balaban J connectivity index is 1.33. The smallest absolute Gasteiger partial charge is 0.261 e. The number of ketones is 2. The lowest BCUT2D eigenvalue weighted by molar-refractivity contribution is 0.0649. The Labute approximate surface area is 296 Å². The van der Waals surface area contributed by atoms with Crippen LogP contribution >= 0.6 is 45.3 Å². The SMILES string of the molecule is Cc1c(C)c2cc(-c3cc4c5c(c(-c6cc7c(C)c(C)c8ccsc8c7s6)cc6c5c3C(=O)CC6=O)C(=O)N(C)C4=O)sc2c2sccc12. The summed E-state index contributed by atoms with van der Waals surface area (Å²) < 4.78 is 4.69. The molecule has 238 valence electrons. The van der Waals surface area contributed by atoms with Crippen LogP contribution in [0.3, 0.4) is 0 Å². The van der Waals surface area contributed by atoms with Crippen molar-refractivity contribution in [2.75, 3.05) is 7.05 Å². The monoisotopic (exact) mass is 711 g/mol. The lowest BCUT2D eigenvalue weighted by atomic mass is 9.77. The predicted molar refractivity (Wildman–Crippen MR) is 205 cm³/mol. The molecular formula is C40H25NO4S4. The maximum atomic E-state index is 14.2. The number of rotatable bonds is 2. The van der Waals surface area contributed by atoms with Crippen molar-refractivity contribution in [2.24, 2.45) is 0 Å². The highest BCUT2D eigenvalue weighted by atomic mass is 32.1. The van der Waals surface area contributed by atoms with E-state index in [1.54, 1.807) is 51.4 Å². The molecule has 4 aromatic heterocycles. The number of nitrogens with zero attached hydrogens (tertiary/aromatic N) is 1. The van der Waals surface area contributed by atoms with Gasteiger partial charge in [-0.15, -0.1) is 45.3 Å². The van der Waals surface area contributed by atoms with Crippen molar-refractivity contribution in [1.29, 1.82) is 0 Å². The van der Waals surface area contributed by atoms with Gasteiger partial charge in [0.05, 0.1) is 30.8 Å². The number of benzene rings is 4. The van der Waals surface area contributed by atoms with E-state index in [0.29, 0.717) is 44.2 Å². The number of imide groups is 1. The summed E-state index contributed by atoms with van der Waals surface area (Å²) in [6.07, 6.45) is -0.256. The van der Waals surface area contributed by atoms with Gasteiger partial charge in [-0.05, 0) is 119 Å². The van der Waals surface area contributed by atoms with Crippen LogP contribution in [-0.2, 0) is 0 Å². The Bertz CT molecular complexity index is 2950. The van der Waals surface area contributed by atoms with Crippen molar-refractivity contribution in [3.05, 3.63) is 91.7 Å². The van der Waals surface area contributed by atoms with Gasteiger partial charge in [0.15, 0.2) is 11.6 Å². The van der Waals surface area contributed by atoms with E-state index in [4.69, 9.17) is 0 Å². The van der Waals surface area contributed by atoms with E-state index in [9.17, 15) is 19.2 Å². The molecule has 0 saturated carbocycles. The molecule has 8 aromatic rings. The van der Waals surface area contributed by atoms with E-state index in [1.165, 1.54) is 54.4 Å². The van der Waals surface area contributed by atoms with E-state index in [-0.39, 0.29) is 18.0 Å². The third-order valence-electron chi connectivity index (χ3n) is 10.8. The number of Topliss-reactive ketones (excluding diaryl/α,β-unsaturated/α-hetero) is 2. The summed E-state index contributed by atoms with van der Waals surface area (Å²) in [5, 5.41) is 9.75. The molecule has 0 fully saturated rings. The molecule has 5 heterocycles. The molecule has 0 unspecified atom stereocenters. The Morgan fingerprint density at radius 1 is 0.531 bits per heavy atom. The van der Waals surface area contributed by atoms with Crippen LogP contribution < -0.4 is 0 Å². The van der Waals surface area contributed by atoms with E-state index >= 15 is 0 Å². The molecule has 5 nitrogen and oxygen atoms in total. The number of aryl methyl sites for hydroxylation is 4. The summed E-state index contributed by atoms with van der Waals surface area (Å²) in [6, 6.07) is 12.2. The summed E-state index contributed by atoms with van der Waals surface area (Å²) >= 11 is 6.62. The van der Waals surface area contributed by atoms with Gasteiger partial charge in [-0.2, -0.15) is 0 Å². The van der Waals surface area contributed by atoms with E-state index in [0.717, 1.165) is 29.9 Å². The Morgan fingerprint density at radius 3 is 1.59 bits per heavy atom. The quantitative estimate of drug-likeness (QED) is 0.132. The molecule has 0 bridgehead atoms. The fourth-order valence-electron chi connectivity index (χ4n) is 8.01. The standard InChI is InChI=1S/C40H25NO4S4/c1-15-17(3)21-12-29(48-37(21)35-19(15)6-8-46-35)24-11-26-33-32-23(27(42)14-28(43)31(24)32)10-25(34(33)40(45)41(5)39(26)44)30-13-22-18(4)16(2)20-7-9-47-36(20)38(22)49-30/h6-13H,14H2,1-5H3. The first-order chi connectivity index (χ1) is 23.5. The van der Waals surface area contributed by atoms with Crippen LogP contribution in [0.4, 0.5) is 0 Å².